The van der Waals surface area contributed by atoms with Gasteiger partial charge in [0.2, 0.25) is 5.88 Å². The standard InChI is InChI=1S/C19H26N2O2S/c1-22-17-9-13-24-18(17)6-5-15-7-11-21(12-8-15)14-16-4-3-10-20-19(16)23-2/h3-4,9-10,13,15H,5-8,11-12,14H2,1-2H3. The highest BCUT2D eigenvalue weighted by Gasteiger charge is 2.20. The van der Waals surface area contributed by atoms with Gasteiger partial charge in [0.1, 0.15) is 5.75 Å². The minimum atomic E-state index is 0.754. The molecular formula is C19H26N2O2S. The van der Waals surface area contributed by atoms with E-state index in [-0.39, 0.29) is 0 Å². The summed E-state index contributed by atoms with van der Waals surface area (Å²) in [6.45, 7) is 3.25. The Labute approximate surface area is 148 Å². The molecule has 1 aliphatic heterocycles. The van der Waals surface area contributed by atoms with Crippen LogP contribution < -0.4 is 9.47 Å². The summed E-state index contributed by atoms with van der Waals surface area (Å²) in [7, 11) is 3.45. The van der Waals surface area contributed by atoms with Crippen molar-refractivity contribution in [2.45, 2.75) is 32.2 Å². The molecule has 0 atom stereocenters. The first-order valence-electron chi connectivity index (χ1n) is 8.60. The first-order valence-corrected chi connectivity index (χ1v) is 9.48. The molecule has 1 fully saturated rings. The molecule has 0 amide bonds. The van der Waals surface area contributed by atoms with Crippen LogP contribution in [0.25, 0.3) is 0 Å². The number of methoxy groups -OCH3 is 2. The number of aromatic nitrogens is 1. The van der Waals surface area contributed by atoms with Gasteiger partial charge in [-0.2, -0.15) is 0 Å². The minimum Gasteiger partial charge on any atom is -0.496 e. The summed E-state index contributed by atoms with van der Waals surface area (Å²) < 4.78 is 10.8. The smallest absolute Gasteiger partial charge is 0.217 e. The fraction of sp³-hybridized carbons (Fsp3) is 0.526. The first kappa shape index (κ1) is 17.2. The topological polar surface area (TPSA) is 34.6 Å². The molecule has 1 saturated heterocycles. The van der Waals surface area contributed by atoms with Gasteiger partial charge in [-0.1, -0.05) is 6.07 Å². The van der Waals surface area contributed by atoms with Crippen molar-refractivity contribution in [2.24, 2.45) is 5.92 Å². The minimum absolute atomic E-state index is 0.754. The molecule has 0 spiro atoms. The Morgan fingerprint density at radius 2 is 2.04 bits per heavy atom. The van der Waals surface area contributed by atoms with Crippen LogP contribution in [0.5, 0.6) is 11.6 Å². The van der Waals surface area contributed by atoms with E-state index in [9.17, 15) is 0 Å². The number of nitrogens with zero attached hydrogens (tertiary/aromatic N) is 2. The molecule has 3 heterocycles. The zero-order valence-electron chi connectivity index (χ0n) is 14.5. The normalized spacial score (nSPS) is 16.2. The van der Waals surface area contributed by atoms with E-state index in [0.29, 0.717) is 0 Å². The molecule has 0 aromatic carbocycles. The lowest BCUT2D eigenvalue weighted by Gasteiger charge is -2.32. The molecule has 3 rings (SSSR count). The summed E-state index contributed by atoms with van der Waals surface area (Å²) in [5.41, 5.74) is 1.18. The van der Waals surface area contributed by atoms with Crippen molar-refractivity contribution in [3.63, 3.8) is 0 Å². The Kier molecular flexibility index (Phi) is 6.10. The quantitative estimate of drug-likeness (QED) is 0.759. The summed E-state index contributed by atoms with van der Waals surface area (Å²) in [6, 6.07) is 6.17. The van der Waals surface area contributed by atoms with E-state index in [1.807, 2.05) is 17.4 Å². The summed E-state index contributed by atoms with van der Waals surface area (Å²) in [6.07, 6.45) is 6.74. The Balaban J connectivity index is 1.46. The molecule has 5 heteroatoms. The summed E-state index contributed by atoms with van der Waals surface area (Å²) in [5.74, 6) is 2.63. The third-order valence-electron chi connectivity index (χ3n) is 4.85. The van der Waals surface area contributed by atoms with Gasteiger partial charge in [-0.3, -0.25) is 4.90 Å². The molecule has 2 aromatic heterocycles. The Morgan fingerprint density at radius 1 is 1.21 bits per heavy atom. The Morgan fingerprint density at radius 3 is 2.79 bits per heavy atom. The average molecular weight is 346 g/mol. The highest BCUT2D eigenvalue weighted by Crippen LogP contribution is 2.30. The zero-order chi connectivity index (χ0) is 16.8. The molecular weight excluding hydrogens is 320 g/mol. The van der Waals surface area contributed by atoms with Gasteiger partial charge in [0.05, 0.1) is 14.2 Å². The number of ether oxygens (including phenoxy) is 2. The fourth-order valence-corrected chi connectivity index (χ4v) is 4.29. The van der Waals surface area contributed by atoms with E-state index in [2.05, 4.69) is 27.4 Å². The number of hydrogen-bond acceptors (Lipinski definition) is 5. The summed E-state index contributed by atoms with van der Waals surface area (Å²) >= 11 is 1.81. The maximum absolute atomic E-state index is 5.41. The molecule has 2 aromatic rings. The van der Waals surface area contributed by atoms with Gasteiger partial charge >= 0.3 is 0 Å². The third-order valence-corrected chi connectivity index (χ3v) is 5.81. The fourth-order valence-electron chi connectivity index (χ4n) is 3.43. The number of aryl methyl sites for hydroxylation is 1. The second kappa shape index (κ2) is 8.49. The van der Waals surface area contributed by atoms with E-state index in [1.165, 1.54) is 29.7 Å². The number of rotatable bonds is 7. The van der Waals surface area contributed by atoms with Gasteiger partial charge in [-0.05, 0) is 62.2 Å². The first-order chi connectivity index (χ1) is 11.8. The maximum atomic E-state index is 5.41. The second-order valence-corrected chi connectivity index (χ2v) is 7.34. The van der Waals surface area contributed by atoms with Crippen molar-refractivity contribution in [1.82, 2.24) is 9.88 Å². The molecule has 0 saturated carbocycles. The Bertz CT molecular complexity index is 636. The van der Waals surface area contributed by atoms with E-state index >= 15 is 0 Å². The van der Waals surface area contributed by atoms with Gasteiger partial charge in [-0.25, -0.2) is 4.98 Å². The van der Waals surface area contributed by atoms with Crippen LogP contribution in [0.15, 0.2) is 29.8 Å². The lowest BCUT2D eigenvalue weighted by molar-refractivity contribution is 0.170. The molecule has 24 heavy (non-hydrogen) atoms. The number of hydrogen-bond donors (Lipinski definition) is 0. The van der Waals surface area contributed by atoms with Crippen LogP contribution in [0.2, 0.25) is 0 Å². The largest absolute Gasteiger partial charge is 0.496 e. The van der Waals surface area contributed by atoms with E-state index < -0.39 is 0 Å². The molecule has 130 valence electrons. The Hall–Kier alpha value is -1.59. The van der Waals surface area contributed by atoms with Crippen LogP contribution in [-0.4, -0.2) is 37.2 Å². The second-order valence-electron chi connectivity index (χ2n) is 6.34. The van der Waals surface area contributed by atoms with E-state index in [0.717, 1.165) is 43.6 Å². The van der Waals surface area contributed by atoms with Crippen molar-refractivity contribution in [1.29, 1.82) is 0 Å². The van der Waals surface area contributed by atoms with Crippen LogP contribution in [-0.2, 0) is 13.0 Å². The molecule has 0 N–H and O–H groups in total. The van der Waals surface area contributed by atoms with Crippen LogP contribution in [0.3, 0.4) is 0 Å². The summed E-state index contributed by atoms with van der Waals surface area (Å²) in [5, 5.41) is 2.12. The SMILES string of the molecule is COc1ccsc1CCC1CCN(Cc2cccnc2OC)CC1. The monoisotopic (exact) mass is 346 g/mol. The highest BCUT2D eigenvalue weighted by molar-refractivity contribution is 7.10. The zero-order valence-corrected chi connectivity index (χ0v) is 15.3. The molecule has 0 bridgehead atoms. The predicted molar refractivity (Wildman–Crippen MR) is 98.0 cm³/mol. The molecule has 0 radical (unpaired) electrons. The van der Waals surface area contributed by atoms with Crippen LogP contribution in [0.4, 0.5) is 0 Å². The van der Waals surface area contributed by atoms with Gasteiger partial charge in [0.25, 0.3) is 0 Å². The predicted octanol–water partition coefficient (Wildman–Crippen LogP) is 4.01. The van der Waals surface area contributed by atoms with Gasteiger partial charge in [0, 0.05) is 23.2 Å². The summed E-state index contributed by atoms with van der Waals surface area (Å²) in [4.78, 5) is 8.20. The van der Waals surface area contributed by atoms with Gasteiger partial charge in [0.15, 0.2) is 0 Å². The molecule has 0 unspecified atom stereocenters. The van der Waals surface area contributed by atoms with Crippen LogP contribution >= 0.6 is 11.3 Å². The number of piperidine rings is 1. The average Bonchev–Trinajstić information content (AvgIpc) is 3.09. The third kappa shape index (κ3) is 4.28. The van der Waals surface area contributed by atoms with Gasteiger partial charge < -0.3 is 9.47 Å². The lowest BCUT2D eigenvalue weighted by Crippen LogP contribution is -2.33. The molecule has 1 aliphatic rings. The number of pyridine rings is 1. The van der Waals surface area contributed by atoms with E-state index in [4.69, 9.17) is 9.47 Å². The van der Waals surface area contributed by atoms with Crippen molar-refractivity contribution in [3.8, 4) is 11.6 Å². The van der Waals surface area contributed by atoms with Gasteiger partial charge in [-0.15, -0.1) is 11.3 Å². The lowest BCUT2D eigenvalue weighted by atomic mass is 9.91. The van der Waals surface area contributed by atoms with Crippen molar-refractivity contribution >= 4 is 11.3 Å². The number of thiophene rings is 1. The van der Waals surface area contributed by atoms with Crippen LogP contribution in [0.1, 0.15) is 29.7 Å². The number of likely N-dealkylation sites (tertiary alicyclic amines) is 1. The molecule has 0 aliphatic carbocycles. The van der Waals surface area contributed by atoms with E-state index in [1.54, 1.807) is 20.4 Å². The molecule has 4 nitrogen and oxygen atoms in total. The maximum Gasteiger partial charge on any atom is 0.217 e. The highest BCUT2D eigenvalue weighted by atomic mass is 32.1. The van der Waals surface area contributed by atoms with Crippen molar-refractivity contribution in [2.75, 3.05) is 27.3 Å². The van der Waals surface area contributed by atoms with Crippen LogP contribution in [0, 0.1) is 5.92 Å². The van der Waals surface area contributed by atoms with Crippen molar-refractivity contribution < 1.29 is 9.47 Å². The van der Waals surface area contributed by atoms with Crippen molar-refractivity contribution in [3.05, 3.63) is 40.2 Å².